The van der Waals surface area contributed by atoms with E-state index in [1.54, 1.807) is 13.0 Å². The largest absolute Gasteiger partial charge is 0.490 e. The molecule has 3 rings (SSSR count). The highest BCUT2D eigenvalue weighted by atomic mass is 32.2. The summed E-state index contributed by atoms with van der Waals surface area (Å²) in [5.41, 5.74) is 6.26. The SMILES string of the molecule is CCOC(=O)c1c(NS(=O)(=O)c2ccc3c(c2)N(C)CCO3)sc(C(N)=O)c1C. The van der Waals surface area contributed by atoms with E-state index in [4.69, 9.17) is 15.2 Å². The number of primary amides is 1. The van der Waals surface area contributed by atoms with Crippen LogP contribution in [-0.4, -0.2) is 47.1 Å². The number of rotatable bonds is 6. The summed E-state index contributed by atoms with van der Waals surface area (Å²) in [6.45, 7) is 4.39. The molecule has 1 aromatic carbocycles. The average Bonchev–Trinajstić information content (AvgIpc) is 2.97. The standard InChI is InChI=1S/C18H21N3O6S2/c1-4-26-18(23)14-10(2)15(16(19)22)28-17(14)20-29(24,25)11-5-6-13-12(9-11)21(3)7-8-27-13/h5-6,9,20H,4,7-8H2,1-3H3,(H2,19,22). The lowest BCUT2D eigenvalue weighted by atomic mass is 10.1. The van der Waals surface area contributed by atoms with Crippen LogP contribution in [0.15, 0.2) is 23.1 Å². The van der Waals surface area contributed by atoms with Crippen LogP contribution in [0.3, 0.4) is 0 Å². The zero-order valence-corrected chi connectivity index (χ0v) is 17.8. The van der Waals surface area contributed by atoms with Gasteiger partial charge in [0.2, 0.25) is 0 Å². The first-order chi connectivity index (χ1) is 13.7. The van der Waals surface area contributed by atoms with Crippen molar-refractivity contribution in [3.8, 4) is 5.75 Å². The third-order valence-electron chi connectivity index (χ3n) is 4.41. The second kappa shape index (κ2) is 7.91. The summed E-state index contributed by atoms with van der Waals surface area (Å²) in [5.74, 6) is -0.894. The first-order valence-corrected chi connectivity index (χ1v) is 11.1. The molecule has 1 aromatic heterocycles. The lowest BCUT2D eigenvalue weighted by molar-refractivity contribution is 0.0527. The molecule has 0 radical (unpaired) electrons. The van der Waals surface area contributed by atoms with Crippen LogP contribution in [0.25, 0.3) is 0 Å². The van der Waals surface area contributed by atoms with Crippen molar-refractivity contribution in [2.75, 3.05) is 36.4 Å². The van der Waals surface area contributed by atoms with Crippen molar-refractivity contribution >= 4 is 43.9 Å². The lowest BCUT2D eigenvalue weighted by Crippen LogP contribution is -2.29. The fourth-order valence-corrected chi connectivity index (χ4v) is 5.32. The Labute approximate surface area is 172 Å². The van der Waals surface area contributed by atoms with Crippen molar-refractivity contribution in [3.63, 3.8) is 0 Å². The summed E-state index contributed by atoms with van der Waals surface area (Å²) in [4.78, 5) is 26.0. The van der Waals surface area contributed by atoms with Gasteiger partial charge >= 0.3 is 5.97 Å². The van der Waals surface area contributed by atoms with Crippen LogP contribution in [0.4, 0.5) is 10.7 Å². The van der Waals surface area contributed by atoms with Crippen molar-refractivity contribution in [1.82, 2.24) is 0 Å². The zero-order valence-electron chi connectivity index (χ0n) is 16.1. The van der Waals surface area contributed by atoms with Gasteiger partial charge in [-0.2, -0.15) is 0 Å². The summed E-state index contributed by atoms with van der Waals surface area (Å²) in [7, 11) is -2.21. The molecule has 0 saturated carbocycles. The zero-order chi connectivity index (χ0) is 21.3. The normalized spacial score (nSPS) is 13.4. The molecule has 1 aliphatic rings. The maximum Gasteiger partial charge on any atom is 0.341 e. The van der Waals surface area contributed by atoms with Crippen LogP contribution in [0.5, 0.6) is 5.75 Å². The molecule has 1 amide bonds. The average molecular weight is 440 g/mol. The number of carbonyl (C=O) groups is 2. The number of benzene rings is 1. The molecule has 0 unspecified atom stereocenters. The van der Waals surface area contributed by atoms with Gasteiger partial charge < -0.3 is 20.1 Å². The van der Waals surface area contributed by atoms with Gasteiger partial charge in [-0.3, -0.25) is 9.52 Å². The minimum atomic E-state index is -4.05. The van der Waals surface area contributed by atoms with Gasteiger partial charge in [-0.15, -0.1) is 11.3 Å². The number of likely N-dealkylation sites (N-methyl/N-ethyl adjacent to an activating group) is 1. The van der Waals surface area contributed by atoms with Crippen LogP contribution in [0.1, 0.15) is 32.5 Å². The van der Waals surface area contributed by atoms with E-state index in [1.165, 1.54) is 19.1 Å². The van der Waals surface area contributed by atoms with Crippen molar-refractivity contribution < 1.29 is 27.5 Å². The highest BCUT2D eigenvalue weighted by Gasteiger charge is 2.28. The van der Waals surface area contributed by atoms with Crippen LogP contribution in [0.2, 0.25) is 0 Å². The quantitative estimate of drug-likeness (QED) is 0.659. The summed E-state index contributed by atoms with van der Waals surface area (Å²) in [6.07, 6.45) is 0. The Morgan fingerprint density at radius 2 is 2.10 bits per heavy atom. The minimum absolute atomic E-state index is 0.00455. The van der Waals surface area contributed by atoms with Gasteiger partial charge in [0.1, 0.15) is 17.4 Å². The van der Waals surface area contributed by atoms with Crippen LogP contribution in [-0.2, 0) is 14.8 Å². The van der Waals surface area contributed by atoms with Crippen molar-refractivity contribution in [2.45, 2.75) is 18.7 Å². The van der Waals surface area contributed by atoms with Crippen molar-refractivity contribution in [3.05, 3.63) is 34.2 Å². The Hall–Kier alpha value is -2.79. The summed E-state index contributed by atoms with van der Waals surface area (Å²) in [5, 5.41) is -0.0166. The van der Waals surface area contributed by atoms with Gasteiger partial charge in [0.05, 0.1) is 34.2 Å². The second-order valence-corrected chi connectivity index (χ2v) is 9.05. The number of carbonyl (C=O) groups excluding carboxylic acids is 2. The molecule has 0 aliphatic carbocycles. The number of hydrogen-bond donors (Lipinski definition) is 2. The predicted octanol–water partition coefficient (Wildman–Crippen LogP) is 1.96. The molecule has 0 saturated heterocycles. The number of amides is 1. The molecule has 2 aromatic rings. The Bertz CT molecular complexity index is 1080. The number of fused-ring (bicyclic) bond motifs is 1. The topological polar surface area (TPSA) is 128 Å². The van der Waals surface area contributed by atoms with E-state index < -0.39 is 21.9 Å². The summed E-state index contributed by atoms with van der Waals surface area (Å²) >= 11 is 0.799. The molecule has 11 heteroatoms. The number of hydrogen-bond acceptors (Lipinski definition) is 8. The number of sulfonamides is 1. The molecule has 0 fully saturated rings. The van der Waals surface area contributed by atoms with Crippen LogP contribution >= 0.6 is 11.3 Å². The van der Waals surface area contributed by atoms with Gasteiger partial charge in [-0.1, -0.05) is 0 Å². The number of esters is 1. The Morgan fingerprint density at radius 1 is 1.38 bits per heavy atom. The molecule has 2 heterocycles. The first kappa shape index (κ1) is 20.9. The fraction of sp³-hybridized carbons (Fsp3) is 0.333. The van der Waals surface area contributed by atoms with Crippen LogP contribution in [0, 0.1) is 6.92 Å². The molecule has 1 aliphatic heterocycles. The molecular weight excluding hydrogens is 418 g/mol. The Balaban J connectivity index is 2.03. The molecule has 3 N–H and O–H groups in total. The molecule has 9 nitrogen and oxygen atoms in total. The minimum Gasteiger partial charge on any atom is -0.490 e. The van der Waals surface area contributed by atoms with E-state index in [2.05, 4.69) is 4.72 Å². The maximum absolute atomic E-state index is 13.0. The second-order valence-electron chi connectivity index (χ2n) is 6.35. The van der Waals surface area contributed by atoms with E-state index in [9.17, 15) is 18.0 Å². The van der Waals surface area contributed by atoms with Gasteiger partial charge in [0, 0.05) is 7.05 Å². The molecule has 156 valence electrons. The molecular formula is C18H21N3O6S2. The fourth-order valence-electron chi connectivity index (χ4n) is 2.95. The predicted molar refractivity (Wildman–Crippen MR) is 110 cm³/mol. The van der Waals surface area contributed by atoms with E-state index >= 15 is 0 Å². The smallest absolute Gasteiger partial charge is 0.341 e. The Morgan fingerprint density at radius 3 is 2.76 bits per heavy atom. The number of nitrogens with zero attached hydrogens (tertiary/aromatic N) is 1. The first-order valence-electron chi connectivity index (χ1n) is 8.76. The van der Waals surface area contributed by atoms with E-state index in [-0.39, 0.29) is 32.5 Å². The van der Waals surface area contributed by atoms with E-state index in [0.29, 0.717) is 24.6 Å². The summed E-state index contributed by atoms with van der Waals surface area (Å²) in [6, 6.07) is 4.50. The number of nitrogens with two attached hydrogens (primary N) is 1. The van der Waals surface area contributed by atoms with Gasteiger partial charge in [-0.25, -0.2) is 13.2 Å². The lowest BCUT2D eigenvalue weighted by Gasteiger charge is -2.28. The van der Waals surface area contributed by atoms with Gasteiger partial charge in [0.25, 0.3) is 15.9 Å². The maximum atomic E-state index is 13.0. The molecule has 0 bridgehead atoms. The van der Waals surface area contributed by atoms with Crippen molar-refractivity contribution in [2.24, 2.45) is 5.73 Å². The number of ether oxygens (including phenoxy) is 2. The molecule has 0 atom stereocenters. The van der Waals surface area contributed by atoms with Gasteiger partial charge in [0.15, 0.2) is 0 Å². The van der Waals surface area contributed by atoms with Crippen LogP contribution < -0.4 is 20.1 Å². The molecule has 0 spiro atoms. The monoisotopic (exact) mass is 439 g/mol. The van der Waals surface area contributed by atoms with Gasteiger partial charge in [-0.05, 0) is 37.6 Å². The number of thiophene rings is 1. The van der Waals surface area contributed by atoms with E-state index in [0.717, 1.165) is 11.3 Å². The highest BCUT2D eigenvalue weighted by molar-refractivity contribution is 7.93. The highest BCUT2D eigenvalue weighted by Crippen LogP contribution is 2.37. The number of nitrogens with one attached hydrogen (secondary N) is 1. The summed E-state index contributed by atoms with van der Waals surface area (Å²) < 4.78 is 38.9. The van der Waals surface area contributed by atoms with E-state index in [1.807, 2.05) is 11.9 Å². The Kier molecular flexibility index (Phi) is 5.71. The third kappa shape index (κ3) is 4.01. The van der Waals surface area contributed by atoms with Crippen molar-refractivity contribution in [1.29, 1.82) is 0 Å². The third-order valence-corrected chi connectivity index (χ3v) is 7.11. The number of anilines is 2. The molecule has 29 heavy (non-hydrogen) atoms.